The third kappa shape index (κ3) is 2.24. The summed E-state index contributed by atoms with van der Waals surface area (Å²) in [5, 5.41) is 0. The molecule has 2 aromatic rings. The Morgan fingerprint density at radius 1 is 1.11 bits per heavy atom. The van der Waals surface area contributed by atoms with Gasteiger partial charge in [-0.1, -0.05) is 35.9 Å². The first-order chi connectivity index (χ1) is 9.29. The van der Waals surface area contributed by atoms with Gasteiger partial charge in [-0.3, -0.25) is 0 Å². The lowest BCUT2D eigenvalue weighted by Crippen LogP contribution is -2.25. The lowest BCUT2D eigenvalue weighted by Gasteiger charge is -2.33. The molecule has 19 heavy (non-hydrogen) atoms. The minimum atomic E-state index is 0.591. The summed E-state index contributed by atoms with van der Waals surface area (Å²) in [6.07, 6.45) is 2.38. The van der Waals surface area contributed by atoms with Crippen molar-refractivity contribution >= 4 is 11.4 Å². The summed E-state index contributed by atoms with van der Waals surface area (Å²) in [5.74, 6) is 0. The van der Waals surface area contributed by atoms with Crippen LogP contribution in [0, 0.1) is 6.92 Å². The molecule has 2 nitrogen and oxygen atoms in total. The minimum Gasteiger partial charge on any atom is -0.341 e. The average Bonchev–Trinajstić information content (AvgIpc) is 2.46. The second kappa shape index (κ2) is 5.06. The third-order valence-electron chi connectivity index (χ3n) is 3.86. The van der Waals surface area contributed by atoms with Crippen LogP contribution in [-0.4, -0.2) is 6.54 Å². The Kier molecular flexibility index (Phi) is 3.26. The highest BCUT2D eigenvalue weighted by molar-refractivity contribution is 5.70. The number of fused-ring (bicyclic) bond motifs is 1. The summed E-state index contributed by atoms with van der Waals surface area (Å²) < 4.78 is 0. The van der Waals surface area contributed by atoms with Crippen molar-refractivity contribution in [2.75, 3.05) is 11.4 Å². The van der Waals surface area contributed by atoms with Crippen molar-refractivity contribution in [1.82, 2.24) is 0 Å². The summed E-state index contributed by atoms with van der Waals surface area (Å²) in [6, 6.07) is 15.2. The van der Waals surface area contributed by atoms with Crippen LogP contribution in [0.4, 0.5) is 11.4 Å². The molecule has 2 N–H and O–H groups in total. The molecule has 2 aromatic carbocycles. The van der Waals surface area contributed by atoms with Crippen LogP contribution >= 0.6 is 0 Å². The van der Waals surface area contributed by atoms with Crippen LogP contribution in [0.5, 0.6) is 0 Å². The lowest BCUT2D eigenvalue weighted by atomic mass is 9.98. The van der Waals surface area contributed by atoms with Crippen LogP contribution in [0.25, 0.3) is 0 Å². The molecule has 0 radical (unpaired) electrons. The molecule has 0 aliphatic carbocycles. The molecule has 0 spiro atoms. The van der Waals surface area contributed by atoms with E-state index >= 15 is 0 Å². The number of hydrogen-bond donors (Lipinski definition) is 1. The van der Waals surface area contributed by atoms with Crippen molar-refractivity contribution in [3.63, 3.8) is 0 Å². The number of para-hydroxylation sites is 1. The molecule has 98 valence electrons. The summed E-state index contributed by atoms with van der Waals surface area (Å²) in [7, 11) is 0. The van der Waals surface area contributed by atoms with Crippen molar-refractivity contribution in [1.29, 1.82) is 0 Å². The van der Waals surface area contributed by atoms with Crippen LogP contribution in [0.15, 0.2) is 42.5 Å². The van der Waals surface area contributed by atoms with E-state index in [1.807, 2.05) is 0 Å². The van der Waals surface area contributed by atoms with Gasteiger partial charge in [0.25, 0.3) is 0 Å². The monoisotopic (exact) mass is 252 g/mol. The Hall–Kier alpha value is -1.80. The van der Waals surface area contributed by atoms with Crippen LogP contribution in [0.3, 0.4) is 0 Å². The molecule has 1 aliphatic heterocycles. The Labute approximate surface area is 114 Å². The van der Waals surface area contributed by atoms with Crippen LogP contribution in [0.2, 0.25) is 0 Å². The van der Waals surface area contributed by atoms with Crippen LogP contribution in [0.1, 0.15) is 23.1 Å². The van der Waals surface area contributed by atoms with Gasteiger partial charge in [0, 0.05) is 24.5 Å². The van der Waals surface area contributed by atoms with Crippen LogP contribution < -0.4 is 10.6 Å². The topological polar surface area (TPSA) is 29.3 Å². The van der Waals surface area contributed by atoms with Gasteiger partial charge in [-0.2, -0.15) is 0 Å². The second-order valence-corrected chi connectivity index (χ2v) is 5.22. The summed E-state index contributed by atoms with van der Waals surface area (Å²) in [6.45, 7) is 3.83. The van der Waals surface area contributed by atoms with Gasteiger partial charge in [0.15, 0.2) is 0 Å². The zero-order valence-corrected chi connectivity index (χ0v) is 11.4. The van der Waals surface area contributed by atoms with E-state index in [0.717, 1.165) is 6.54 Å². The first-order valence-electron chi connectivity index (χ1n) is 6.94. The smallest absolute Gasteiger partial charge is 0.0456 e. The van der Waals surface area contributed by atoms with Gasteiger partial charge >= 0.3 is 0 Å². The van der Waals surface area contributed by atoms with Gasteiger partial charge in [0.2, 0.25) is 0 Å². The van der Waals surface area contributed by atoms with E-state index in [4.69, 9.17) is 5.73 Å². The van der Waals surface area contributed by atoms with Crippen molar-refractivity contribution in [2.24, 2.45) is 5.73 Å². The van der Waals surface area contributed by atoms with E-state index < -0.39 is 0 Å². The Morgan fingerprint density at radius 2 is 1.95 bits per heavy atom. The molecule has 0 bridgehead atoms. The molecule has 3 rings (SSSR count). The van der Waals surface area contributed by atoms with E-state index in [9.17, 15) is 0 Å². The predicted molar refractivity (Wildman–Crippen MR) is 80.8 cm³/mol. The van der Waals surface area contributed by atoms with Gasteiger partial charge in [0.05, 0.1) is 0 Å². The van der Waals surface area contributed by atoms with Crippen LogP contribution in [-0.2, 0) is 13.0 Å². The van der Waals surface area contributed by atoms with Crippen molar-refractivity contribution in [3.05, 3.63) is 59.2 Å². The molecule has 2 heteroatoms. The molecule has 1 aliphatic rings. The molecule has 1 heterocycles. The predicted octanol–water partition coefficient (Wildman–Crippen LogP) is 3.54. The molecule has 0 saturated carbocycles. The standard InChI is InChI=1S/C17H20N2/c1-13-8-9-17-14(11-13)6-4-10-19(17)16-7-3-2-5-15(16)12-18/h2-3,5,7-9,11H,4,6,10,12,18H2,1H3. The van der Waals surface area contributed by atoms with E-state index in [2.05, 4.69) is 54.3 Å². The molecule has 0 unspecified atom stereocenters. The fraction of sp³-hybridized carbons (Fsp3) is 0.294. The summed E-state index contributed by atoms with van der Waals surface area (Å²) >= 11 is 0. The number of benzene rings is 2. The van der Waals surface area contributed by atoms with Gasteiger partial charge in [0.1, 0.15) is 0 Å². The maximum atomic E-state index is 5.87. The number of nitrogens with zero attached hydrogens (tertiary/aromatic N) is 1. The van der Waals surface area contributed by atoms with Crippen molar-refractivity contribution < 1.29 is 0 Å². The maximum Gasteiger partial charge on any atom is 0.0456 e. The highest BCUT2D eigenvalue weighted by Gasteiger charge is 2.19. The van der Waals surface area contributed by atoms with Crippen molar-refractivity contribution in [2.45, 2.75) is 26.3 Å². The quantitative estimate of drug-likeness (QED) is 0.885. The largest absolute Gasteiger partial charge is 0.341 e. The SMILES string of the molecule is Cc1ccc2c(c1)CCCN2c1ccccc1CN. The van der Waals surface area contributed by atoms with E-state index in [1.54, 1.807) is 0 Å². The highest BCUT2D eigenvalue weighted by atomic mass is 15.1. The number of rotatable bonds is 2. The maximum absolute atomic E-state index is 5.87. The third-order valence-corrected chi connectivity index (χ3v) is 3.86. The number of anilines is 2. The van der Waals surface area contributed by atoms with Crippen molar-refractivity contribution in [3.8, 4) is 0 Å². The summed E-state index contributed by atoms with van der Waals surface area (Å²) in [5.41, 5.74) is 12.5. The fourth-order valence-electron chi connectivity index (χ4n) is 2.92. The molecule has 0 aromatic heterocycles. The lowest BCUT2D eigenvalue weighted by molar-refractivity contribution is 0.762. The molecular weight excluding hydrogens is 232 g/mol. The molecule has 0 fully saturated rings. The number of nitrogens with two attached hydrogens (primary N) is 1. The fourth-order valence-corrected chi connectivity index (χ4v) is 2.92. The number of hydrogen-bond acceptors (Lipinski definition) is 2. The molecule has 0 saturated heterocycles. The minimum absolute atomic E-state index is 0.591. The summed E-state index contributed by atoms with van der Waals surface area (Å²) in [4.78, 5) is 2.42. The normalized spacial score (nSPS) is 14.3. The molecule has 0 amide bonds. The number of aryl methyl sites for hydroxylation is 2. The Morgan fingerprint density at radius 3 is 2.79 bits per heavy atom. The zero-order valence-electron chi connectivity index (χ0n) is 11.4. The highest BCUT2D eigenvalue weighted by Crippen LogP contribution is 2.35. The second-order valence-electron chi connectivity index (χ2n) is 5.22. The van der Waals surface area contributed by atoms with Gasteiger partial charge in [-0.15, -0.1) is 0 Å². The van der Waals surface area contributed by atoms with E-state index in [0.29, 0.717) is 6.54 Å². The van der Waals surface area contributed by atoms with E-state index in [-0.39, 0.29) is 0 Å². The van der Waals surface area contributed by atoms with E-state index in [1.165, 1.54) is 40.9 Å². The first kappa shape index (κ1) is 12.2. The van der Waals surface area contributed by atoms with Gasteiger partial charge < -0.3 is 10.6 Å². The zero-order chi connectivity index (χ0) is 13.2. The average molecular weight is 252 g/mol. The first-order valence-corrected chi connectivity index (χ1v) is 6.94. The molecule has 0 atom stereocenters. The Bertz CT molecular complexity index is 590. The Balaban J connectivity index is 2.08. The van der Waals surface area contributed by atoms with Gasteiger partial charge in [-0.05, 0) is 43.0 Å². The molecular formula is C17H20N2. The van der Waals surface area contributed by atoms with Gasteiger partial charge in [-0.25, -0.2) is 0 Å².